The van der Waals surface area contributed by atoms with E-state index in [-0.39, 0.29) is 5.41 Å². The number of aromatic nitrogens is 3. The van der Waals surface area contributed by atoms with Crippen molar-refractivity contribution in [1.82, 2.24) is 14.8 Å². The molecular weight excluding hydrogens is 298 g/mol. The molecule has 4 nitrogen and oxygen atoms in total. The van der Waals surface area contributed by atoms with Crippen LogP contribution in [0.3, 0.4) is 0 Å². The van der Waals surface area contributed by atoms with Crippen molar-refractivity contribution in [2.24, 2.45) is 17.8 Å². The fourth-order valence-electron chi connectivity index (χ4n) is 6.13. The van der Waals surface area contributed by atoms with Crippen LogP contribution in [0.25, 0.3) is 11.4 Å². The minimum Gasteiger partial charge on any atom is -0.303 e. The molecule has 124 valence electrons. The van der Waals surface area contributed by atoms with E-state index < -0.39 is 0 Å². The Labute approximate surface area is 142 Å². The van der Waals surface area contributed by atoms with Gasteiger partial charge in [-0.25, -0.2) is 0 Å². The molecule has 4 saturated carbocycles. The molecule has 1 heterocycles. The minimum atomic E-state index is 0.164. The number of hydrogen-bond donors (Lipinski definition) is 0. The second-order valence-electron chi connectivity index (χ2n) is 8.19. The second kappa shape index (κ2) is 5.27. The largest absolute Gasteiger partial charge is 0.303 e. The SMILES string of the molecule is O=CCn1c(-c2ccccc2)nnc1C12CC3CC(CC(C3)C1)C2. The molecule has 4 aliphatic rings. The van der Waals surface area contributed by atoms with Gasteiger partial charge in [0.2, 0.25) is 0 Å². The highest BCUT2D eigenvalue weighted by atomic mass is 16.1. The Hall–Kier alpha value is -1.97. The van der Waals surface area contributed by atoms with E-state index in [1.807, 2.05) is 18.2 Å². The van der Waals surface area contributed by atoms with E-state index in [0.29, 0.717) is 6.54 Å². The molecule has 4 bridgehead atoms. The Morgan fingerprint density at radius 1 is 1.00 bits per heavy atom. The van der Waals surface area contributed by atoms with Crippen LogP contribution in [0.4, 0.5) is 0 Å². The summed E-state index contributed by atoms with van der Waals surface area (Å²) < 4.78 is 2.09. The van der Waals surface area contributed by atoms with Crippen LogP contribution >= 0.6 is 0 Å². The normalized spacial score (nSPS) is 33.8. The summed E-state index contributed by atoms with van der Waals surface area (Å²) in [7, 11) is 0. The van der Waals surface area contributed by atoms with Crippen LogP contribution in [-0.2, 0) is 16.8 Å². The zero-order valence-corrected chi connectivity index (χ0v) is 13.9. The third-order valence-electron chi connectivity index (χ3n) is 6.55. The summed E-state index contributed by atoms with van der Waals surface area (Å²) in [6.45, 7) is 0.355. The lowest BCUT2D eigenvalue weighted by atomic mass is 9.49. The topological polar surface area (TPSA) is 47.8 Å². The van der Waals surface area contributed by atoms with Crippen molar-refractivity contribution in [3.8, 4) is 11.4 Å². The predicted molar refractivity (Wildman–Crippen MR) is 91.4 cm³/mol. The van der Waals surface area contributed by atoms with E-state index in [2.05, 4.69) is 26.9 Å². The average Bonchev–Trinajstić information content (AvgIpc) is 2.99. The van der Waals surface area contributed by atoms with Crippen LogP contribution in [0, 0.1) is 17.8 Å². The Morgan fingerprint density at radius 2 is 1.62 bits per heavy atom. The van der Waals surface area contributed by atoms with Gasteiger partial charge in [0, 0.05) is 11.0 Å². The van der Waals surface area contributed by atoms with Gasteiger partial charge in [-0.15, -0.1) is 10.2 Å². The van der Waals surface area contributed by atoms with Gasteiger partial charge >= 0.3 is 0 Å². The molecule has 6 rings (SSSR count). The molecular formula is C20H23N3O. The number of nitrogens with zero attached hydrogens (tertiary/aromatic N) is 3. The molecule has 0 saturated heterocycles. The molecule has 0 spiro atoms. The van der Waals surface area contributed by atoms with Crippen LogP contribution in [0.15, 0.2) is 30.3 Å². The number of hydrogen-bond acceptors (Lipinski definition) is 3. The van der Waals surface area contributed by atoms with E-state index in [9.17, 15) is 4.79 Å². The number of aldehydes is 1. The molecule has 2 aromatic rings. The third-order valence-corrected chi connectivity index (χ3v) is 6.55. The van der Waals surface area contributed by atoms with Gasteiger partial charge in [-0.3, -0.25) is 0 Å². The fourth-order valence-corrected chi connectivity index (χ4v) is 6.13. The smallest absolute Gasteiger partial charge is 0.164 e. The molecule has 0 aliphatic heterocycles. The Balaban J connectivity index is 1.61. The Bertz CT molecular complexity index is 729. The fraction of sp³-hybridized carbons (Fsp3) is 0.550. The molecule has 0 N–H and O–H groups in total. The maximum Gasteiger partial charge on any atom is 0.164 e. The summed E-state index contributed by atoms with van der Waals surface area (Å²) in [6, 6.07) is 10.1. The maximum atomic E-state index is 11.4. The van der Waals surface area contributed by atoms with Crippen LogP contribution in [0.2, 0.25) is 0 Å². The van der Waals surface area contributed by atoms with Gasteiger partial charge < -0.3 is 9.36 Å². The molecule has 0 atom stereocenters. The second-order valence-corrected chi connectivity index (χ2v) is 8.19. The molecule has 4 heteroatoms. The molecule has 1 aromatic heterocycles. The van der Waals surface area contributed by atoms with Crippen LogP contribution in [0.5, 0.6) is 0 Å². The summed E-state index contributed by atoms with van der Waals surface area (Å²) in [5.74, 6) is 4.49. The van der Waals surface area contributed by atoms with Gasteiger partial charge in [0.1, 0.15) is 12.1 Å². The van der Waals surface area contributed by atoms with E-state index in [1.54, 1.807) is 0 Å². The van der Waals surface area contributed by atoms with E-state index in [0.717, 1.165) is 41.3 Å². The first-order valence-corrected chi connectivity index (χ1v) is 9.20. The number of benzene rings is 1. The molecule has 0 amide bonds. The summed E-state index contributed by atoms with van der Waals surface area (Å²) in [6.07, 6.45) is 8.94. The summed E-state index contributed by atoms with van der Waals surface area (Å²) in [5.41, 5.74) is 1.21. The van der Waals surface area contributed by atoms with Crippen molar-refractivity contribution >= 4 is 6.29 Å². The number of carbonyl (C=O) groups is 1. The lowest BCUT2D eigenvalue weighted by molar-refractivity contribution is -0.108. The quantitative estimate of drug-likeness (QED) is 0.808. The molecule has 1 aromatic carbocycles. The van der Waals surface area contributed by atoms with Crippen LogP contribution < -0.4 is 0 Å². The summed E-state index contributed by atoms with van der Waals surface area (Å²) >= 11 is 0. The van der Waals surface area contributed by atoms with Gasteiger partial charge in [0.25, 0.3) is 0 Å². The Kier molecular flexibility index (Phi) is 3.15. The lowest BCUT2D eigenvalue weighted by Gasteiger charge is -2.56. The first-order chi connectivity index (χ1) is 11.8. The first-order valence-electron chi connectivity index (χ1n) is 9.20. The summed E-state index contributed by atoms with van der Waals surface area (Å²) in [4.78, 5) is 11.4. The zero-order chi connectivity index (χ0) is 16.1. The van der Waals surface area contributed by atoms with E-state index >= 15 is 0 Å². The van der Waals surface area contributed by atoms with Crippen molar-refractivity contribution in [1.29, 1.82) is 0 Å². The number of rotatable bonds is 4. The highest BCUT2D eigenvalue weighted by molar-refractivity contribution is 5.58. The van der Waals surface area contributed by atoms with Gasteiger partial charge in [-0.1, -0.05) is 30.3 Å². The van der Waals surface area contributed by atoms with Crippen molar-refractivity contribution in [3.05, 3.63) is 36.2 Å². The highest BCUT2D eigenvalue weighted by Gasteiger charge is 2.53. The van der Waals surface area contributed by atoms with Crippen molar-refractivity contribution < 1.29 is 4.79 Å². The predicted octanol–water partition coefficient (Wildman–Crippen LogP) is 3.61. The molecule has 4 aliphatic carbocycles. The molecule has 24 heavy (non-hydrogen) atoms. The van der Waals surface area contributed by atoms with Gasteiger partial charge in [0.15, 0.2) is 5.82 Å². The molecule has 4 fully saturated rings. The van der Waals surface area contributed by atoms with Gasteiger partial charge in [-0.2, -0.15) is 0 Å². The standard InChI is InChI=1S/C20H23N3O/c24-7-6-23-18(17-4-2-1-3-5-17)21-22-19(23)20-11-14-8-15(12-20)10-16(9-14)13-20/h1-5,7,14-16H,6,8-13H2. The molecule has 0 radical (unpaired) electrons. The summed E-state index contributed by atoms with van der Waals surface area (Å²) in [5, 5.41) is 9.17. The Morgan fingerprint density at radius 3 is 2.21 bits per heavy atom. The lowest BCUT2D eigenvalue weighted by Crippen LogP contribution is -2.49. The minimum absolute atomic E-state index is 0.164. The highest BCUT2D eigenvalue weighted by Crippen LogP contribution is 2.60. The number of carbonyl (C=O) groups excluding carboxylic acids is 1. The monoisotopic (exact) mass is 321 g/mol. The maximum absolute atomic E-state index is 11.4. The average molecular weight is 321 g/mol. The van der Waals surface area contributed by atoms with E-state index in [1.165, 1.54) is 38.5 Å². The van der Waals surface area contributed by atoms with E-state index in [4.69, 9.17) is 0 Å². The van der Waals surface area contributed by atoms with Crippen molar-refractivity contribution in [2.75, 3.05) is 0 Å². The zero-order valence-electron chi connectivity index (χ0n) is 13.9. The molecule has 0 unspecified atom stereocenters. The van der Waals surface area contributed by atoms with Crippen LogP contribution in [0.1, 0.15) is 44.3 Å². The van der Waals surface area contributed by atoms with Gasteiger partial charge in [-0.05, 0) is 56.3 Å². The third kappa shape index (κ3) is 2.08. The first kappa shape index (κ1) is 14.4. The van der Waals surface area contributed by atoms with Crippen LogP contribution in [-0.4, -0.2) is 21.1 Å². The van der Waals surface area contributed by atoms with Gasteiger partial charge in [0.05, 0.1) is 6.54 Å². The van der Waals surface area contributed by atoms with Crippen molar-refractivity contribution in [3.63, 3.8) is 0 Å². The van der Waals surface area contributed by atoms with Crippen molar-refractivity contribution in [2.45, 2.75) is 50.5 Å².